The van der Waals surface area contributed by atoms with Gasteiger partial charge in [-0.3, -0.25) is 9.59 Å². The number of pyridine rings is 1. The molecular weight excluding hydrogens is 232 g/mol. The van der Waals surface area contributed by atoms with Crippen molar-refractivity contribution in [1.29, 1.82) is 0 Å². The fraction of sp³-hybridized carbons (Fsp3) is 0.538. The van der Waals surface area contributed by atoms with Gasteiger partial charge in [-0.2, -0.15) is 0 Å². The molecule has 0 saturated heterocycles. The number of aliphatic hydroxyl groups excluding tert-OH is 1. The molecule has 1 fully saturated rings. The summed E-state index contributed by atoms with van der Waals surface area (Å²) in [6.45, 7) is 0.699. The molecule has 1 aliphatic carbocycles. The summed E-state index contributed by atoms with van der Waals surface area (Å²) in [6, 6.07) is 1.33. The Balaban J connectivity index is 1.93. The van der Waals surface area contributed by atoms with Crippen molar-refractivity contribution in [2.24, 2.45) is 11.8 Å². The topological polar surface area (TPSA) is 82.2 Å². The average Bonchev–Trinajstić information content (AvgIpc) is 2.84. The first-order chi connectivity index (χ1) is 8.72. The predicted molar refractivity (Wildman–Crippen MR) is 67.3 cm³/mol. The van der Waals surface area contributed by atoms with E-state index in [9.17, 15) is 14.7 Å². The van der Waals surface area contributed by atoms with Crippen molar-refractivity contribution in [2.75, 3.05) is 13.2 Å². The first kappa shape index (κ1) is 12.8. The van der Waals surface area contributed by atoms with Crippen LogP contribution in [0.2, 0.25) is 0 Å². The molecule has 2 unspecified atom stereocenters. The molecule has 18 heavy (non-hydrogen) atoms. The molecule has 1 aromatic heterocycles. The molecule has 5 nitrogen and oxygen atoms in total. The van der Waals surface area contributed by atoms with Gasteiger partial charge in [-0.25, -0.2) is 0 Å². The van der Waals surface area contributed by atoms with E-state index in [1.807, 2.05) is 0 Å². The van der Waals surface area contributed by atoms with Crippen LogP contribution >= 0.6 is 0 Å². The van der Waals surface area contributed by atoms with Crippen molar-refractivity contribution in [2.45, 2.75) is 19.3 Å². The normalized spacial score (nSPS) is 22.9. The second-order valence-corrected chi connectivity index (χ2v) is 4.77. The third kappa shape index (κ3) is 2.79. The summed E-state index contributed by atoms with van der Waals surface area (Å²) in [5.74, 6) is 0.251. The molecule has 1 aliphatic rings. The fourth-order valence-electron chi connectivity index (χ4n) is 2.54. The Morgan fingerprint density at radius 2 is 2.22 bits per heavy atom. The van der Waals surface area contributed by atoms with Crippen LogP contribution in [-0.4, -0.2) is 29.1 Å². The zero-order valence-electron chi connectivity index (χ0n) is 10.2. The van der Waals surface area contributed by atoms with Crippen LogP contribution in [0.25, 0.3) is 0 Å². The van der Waals surface area contributed by atoms with Crippen LogP contribution in [-0.2, 0) is 0 Å². The first-order valence-corrected chi connectivity index (χ1v) is 6.28. The monoisotopic (exact) mass is 250 g/mol. The minimum absolute atomic E-state index is 0.135. The molecule has 2 atom stereocenters. The van der Waals surface area contributed by atoms with Crippen LogP contribution in [0.1, 0.15) is 29.6 Å². The van der Waals surface area contributed by atoms with Gasteiger partial charge in [0.15, 0.2) is 5.43 Å². The summed E-state index contributed by atoms with van der Waals surface area (Å²) in [4.78, 5) is 26.0. The molecule has 1 heterocycles. The Morgan fingerprint density at radius 1 is 1.44 bits per heavy atom. The molecule has 0 aliphatic heterocycles. The molecule has 1 saturated carbocycles. The number of carbonyl (C=O) groups is 1. The minimum atomic E-state index is -0.347. The lowest BCUT2D eigenvalue weighted by Crippen LogP contribution is -2.34. The number of nitrogens with one attached hydrogen (secondary N) is 2. The van der Waals surface area contributed by atoms with Gasteiger partial charge in [0, 0.05) is 31.6 Å². The van der Waals surface area contributed by atoms with Gasteiger partial charge in [0.2, 0.25) is 0 Å². The Kier molecular flexibility index (Phi) is 4.15. The number of aromatic amines is 1. The maximum absolute atomic E-state index is 11.8. The summed E-state index contributed by atoms with van der Waals surface area (Å²) < 4.78 is 0. The summed E-state index contributed by atoms with van der Waals surface area (Å²) in [5, 5.41) is 12.0. The molecule has 1 amide bonds. The lowest BCUT2D eigenvalue weighted by molar-refractivity contribution is 0.0936. The van der Waals surface area contributed by atoms with Crippen LogP contribution in [0.4, 0.5) is 0 Å². The van der Waals surface area contributed by atoms with Crippen molar-refractivity contribution < 1.29 is 9.90 Å². The molecular formula is C13H18N2O3. The quantitative estimate of drug-likeness (QED) is 0.728. The standard InChI is InChI=1S/C13H18N2O3/c16-8-10-3-1-2-9(10)6-15-13(18)11-7-14-5-4-12(11)17/h4-5,7,9-10,16H,1-3,6,8H2,(H,14,17)(H,15,18). The summed E-state index contributed by atoms with van der Waals surface area (Å²) in [7, 11) is 0. The molecule has 0 bridgehead atoms. The molecule has 98 valence electrons. The van der Waals surface area contributed by atoms with Crippen molar-refractivity contribution in [1.82, 2.24) is 10.3 Å². The number of rotatable bonds is 4. The molecule has 0 spiro atoms. The van der Waals surface area contributed by atoms with Crippen LogP contribution in [0.3, 0.4) is 0 Å². The Hall–Kier alpha value is -1.62. The van der Waals surface area contributed by atoms with E-state index in [-0.39, 0.29) is 29.4 Å². The number of hydrogen-bond acceptors (Lipinski definition) is 3. The van der Waals surface area contributed by atoms with E-state index >= 15 is 0 Å². The fourth-order valence-corrected chi connectivity index (χ4v) is 2.54. The Labute approximate surface area is 105 Å². The van der Waals surface area contributed by atoms with E-state index < -0.39 is 0 Å². The summed E-state index contributed by atoms with van der Waals surface area (Å²) in [6.07, 6.45) is 6.05. The van der Waals surface area contributed by atoms with Crippen LogP contribution < -0.4 is 10.7 Å². The number of aromatic nitrogens is 1. The number of H-pyrrole nitrogens is 1. The minimum Gasteiger partial charge on any atom is -0.396 e. The van der Waals surface area contributed by atoms with Crippen LogP contribution in [0.15, 0.2) is 23.3 Å². The van der Waals surface area contributed by atoms with E-state index in [0.29, 0.717) is 12.5 Å². The van der Waals surface area contributed by atoms with Gasteiger partial charge < -0.3 is 15.4 Å². The SMILES string of the molecule is O=C(NCC1CCCC1CO)c1c[nH]ccc1=O. The molecule has 3 N–H and O–H groups in total. The highest BCUT2D eigenvalue weighted by Gasteiger charge is 2.26. The lowest BCUT2D eigenvalue weighted by atomic mass is 9.97. The molecule has 5 heteroatoms. The van der Waals surface area contributed by atoms with Gasteiger partial charge in [0.05, 0.1) is 0 Å². The number of aliphatic hydroxyl groups is 1. The summed E-state index contributed by atoms with van der Waals surface area (Å²) >= 11 is 0. The number of amides is 1. The first-order valence-electron chi connectivity index (χ1n) is 6.28. The van der Waals surface area contributed by atoms with Crippen molar-refractivity contribution in [3.05, 3.63) is 34.2 Å². The molecule has 1 aromatic rings. The van der Waals surface area contributed by atoms with Crippen molar-refractivity contribution in [3.63, 3.8) is 0 Å². The third-order valence-electron chi connectivity index (χ3n) is 3.64. The van der Waals surface area contributed by atoms with E-state index in [2.05, 4.69) is 10.3 Å². The van der Waals surface area contributed by atoms with Crippen molar-refractivity contribution >= 4 is 5.91 Å². The van der Waals surface area contributed by atoms with E-state index in [1.165, 1.54) is 18.5 Å². The van der Waals surface area contributed by atoms with Gasteiger partial charge in [0.25, 0.3) is 5.91 Å². The lowest BCUT2D eigenvalue weighted by Gasteiger charge is -2.17. The van der Waals surface area contributed by atoms with Gasteiger partial charge in [-0.05, 0) is 24.7 Å². The highest BCUT2D eigenvalue weighted by atomic mass is 16.3. The highest BCUT2D eigenvalue weighted by Crippen LogP contribution is 2.30. The van der Waals surface area contributed by atoms with Gasteiger partial charge >= 0.3 is 0 Å². The van der Waals surface area contributed by atoms with Crippen LogP contribution in [0.5, 0.6) is 0 Å². The van der Waals surface area contributed by atoms with Gasteiger partial charge in [-0.1, -0.05) is 6.42 Å². The second-order valence-electron chi connectivity index (χ2n) is 4.77. The highest BCUT2D eigenvalue weighted by molar-refractivity contribution is 5.93. The number of carbonyl (C=O) groups excluding carboxylic acids is 1. The average molecular weight is 250 g/mol. The maximum atomic E-state index is 11.8. The molecule has 2 rings (SSSR count). The summed E-state index contributed by atoms with van der Waals surface area (Å²) in [5.41, 5.74) is -0.146. The molecule has 0 aromatic carbocycles. The van der Waals surface area contributed by atoms with Gasteiger partial charge in [0.1, 0.15) is 5.56 Å². The van der Waals surface area contributed by atoms with E-state index in [0.717, 1.165) is 19.3 Å². The predicted octanol–water partition coefficient (Wildman–Crippen LogP) is 0.513. The van der Waals surface area contributed by atoms with Crippen LogP contribution in [0, 0.1) is 11.8 Å². The van der Waals surface area contributed by atoms with Crippen molar-refractivity contribution in [3.8, 4) is 0 Å². The van der Waals surface area contributed by atoms with Gasteiger partial charge in [-0.15, -0.1) is 0 Å². The third-order valence-corrected chi connectivity index (χ3v) is 3.64. The smallest absolute Gasteiger partial charge is 0.256 e. The maximum Gasteiger partial charge on any atom is 0.256 e. The van der Waals surface area contributed by atoms with E-state index in [4.69, 9.17) is 0 Å². The largest absolute Gasteiger partial charge is 0.396 e. The zero-order valence-corrected chi connectivity index (χ0v) is 10.2. The zero-order chi connectivity index (χ0) is 13.0. The second kappa shape index (κ2) is 5.82. The number of hydrogen-bond donors (Lipinski definition) is 3. The van der Waals surface area contributed by atoms with E-state index in [1.54, 1.807) is 0 Å². The Morgan fingerprint density at radius 3 is 2.94 bits per heavy atom. The Bertz CT molecular complexity index is 469. The molecule has 0 radical (unpaired) electrons.